The van der Waals surface area contributed by atoms with Crippen molar-refractivity contribution in [2.24, 2.45) is 5.73 Å². The molecule has 0 amide bonds. The highest BCUT2D eigenvalue weighted by molar-refractivity contribution is 4.88. The van der Waals surface area contributed by atoms with E-state index < -0.39 is 5.67 Å². The summed E-state index contributed by atoms with van der Waals surface area (Å²) >= 11 is 0. The van der Waals surface area contributed by atoms with Crippen LogP contribution in [0.4, 0.5) is 4.39 Å². The topological polar surface area (TPSA) is 35.2 Å². The second-order valence-corrected chi connectivity index (χ2v) is 3.02. The van der Waals surface area contributed by atoms with Crippen LogP contribution in [0, 0.1) is 0 Å². The summed E-state index contributed by atoms with van der Waals surface area (Å²) in [7, 11) is 0. The van der Waals surface area contributed by atoms with Crippen LogP contribution in [0.25, 0.3) is 0 Å². The first kappa shape index (κ1) is 7.95. The van der Waals surface area contributed by atoms with E-state index in [4.69, 9.17) is 10.5 Å². The van der Waals surface area contributed by atoms with Gasteiger partial charge in [-0.1, -0.05) is 6.92 Å². The zero-order valence-corrected chi connectivity index (χ0v) is 6.27. The Labute approximate surface area is 60.5 Å². The van der Waals surface area contributed by atoms with Crippen molar-refractivity contribution in [3.8, 4) is 0 Å². The quantitative estimate of drug-likeness (QED) is 0.642. The highest BCUT2D eigenvalue weighted by Crippen LogP contribution is 2.27. The Morgan fingerprint density at radius 3 is 2.60 bits per heavy atom. The van der Waals surface area contributed by atoms with Crippen LogP contribution < -0.4 is 5.73 Å². The standard InChI is InChI=1S/C7H14FNO/c1-2-6(9)3-7(8)4-10-5-7/h6H,2-5,9H2,1H3/t6-/m0/s1. The van der Waals surface area contributed by atoms with Crippen LogP contribution in [0.5, 0.6) is 0 Å². The molecule has 0 aromatic carbocycles. The third kappa shape index (κ3) is 1.67. The summed E-state index contributed by atoms with van der Waals surface area (Å²) in [5.74, 6) is 0. The summed E-state index contributed by atoms with van der Waals surface area (Å²) in [5, 5.41) is 0. The molecule has 10 heavy (non-hydrogen) atoms. The smallest absolute Gasteiger partial charge is 0.158 e. The van der Waals surface area contributed by atoms with Gasteiger partial charge in [0.15, 0.2) is 5.67 Å². The van der Waals surface area contributed by atoms with E-state index in [1.165, 1.54) is 0 Å². The molecule has 2 nitrogen and oxygen atoms in total. The Hall–Kier alpha value is -0.150. The Morgan fingerprint density at radius 1 is 1.70 bits per heavy atom. The number of rotatable bonds is 3. The minimum absolute atomic E-state index is 0.00565. The van der Waals surface area contributed by atoms with Gasteiger partial charge in [-0.3, -0.25) is 0 Å². The van der Waals surface area contributed by atoms with Crippen molar-refractivity contribution < 1.29 is 9.13 Å². The molecule has 1 heterocycles. The molecular weight excluding hydrogens is 133 g/mol. The lowest BCUT2D eigenvalue weighted by Gasteiger charge is -2.35. The number of alkyl halides is 1. The molecule has 0 bridgehead atoms. The lowest BCUT2D eigenvalue weighted by atomic mass is 9.94. The van der Waals surface area contributed by atoms with Crippen LogP contribution in [0.1, 0.15) is 19.8 Å². The van der Waals surface area contributed by atoms with Gasteiger partial charge < -0.3 is 10.5 Å². The van der Waals surface area contributed by atoms with Crippen LogP contribution in [-0.4, -0.2) is 24.9 Å². The molecule has 1 aliphatic rings. The summed E-state index contributed by atoms with van der Waals surface area (Å²) in [6.07, 6.45) is 1.29. The summed E-state index contributed by atoms with van der Waals surface area (Å²) in [4.78, 5) is 0. The molecule has 1 rings (SSSR count). The molecule has 0 aromatic rings. The largest absolute Gasteiger partial charge is 0.375 e. The highest BCUT2D eigenvalue weighted by Gasteiger charge is 2.39. The maximum absolute atomic E-state index is 13.1. The number of hydrogen-bond donors (Lipinski definition) is 1. The highest BCUT2D eigenvalue weighted by atomic mass is 19.1. The van der Waals surface area contributed by atoms with Gasteiger partial charge in [-0.05, 0) is 6.42 Å². The molecule has 0 saturated carbocycles. The maximum atomic E-state index is 13.1. The van der Waals surface area contributed by atoms with Gasteiger partial charge in [0.1, 0.15) is 0 Å². The minimum atomic E-state index is -1.10. The Kier molecular flexibility index (Phi) is 2.26. The Morgan fingerprint density at radius 2 is 2.30 bits per heavy atom. The predicted octanol–water partition coefficient (Wildman–Crippen LogP) is 0.852. The molecule has 60 valence electrons. The van der Waals surface area contributed by atoms with Gasteiger partial charge in [0.05, 0.1) is 13.2 Å². The first-order chi connectivity index (χ1) is 4.66. The van der Waals surface area contributed by atoms with Crippen LogP contribution in [0.2, 0.25) is 0 Å². The molecule has 3 heteroatoms. The third-order valence-electron chi connectivity index (χ3n) is 1.87. The minimum Gasteiger partial charge on any atom is -0.375 e. The monoisotopic (exact) mass is 147 g/mol. The first-order valence-electron chi connectivity index (χ1n) is 3.68. The van der Waals surface area contributed by atoms with Crippen molar-refractivity contribution >= 4 is 0 Å². The summed E-state index contributed by atoms with van der Waals surface area (Å²) < 4.78 is 17.9. The van der Waals surface area contributed by atoms with E-state index in [-0.39, 0.29) is 19.3 Å². The van der Waals surface area contributed by atoms with Gasteiger partial charge >= 0.3 is 0 Å². The normalized spacial score (nSPS) is 25.5. The molecule has 0 aromatic heterocycles. The fourth-order valence-corrected chi connectivity index (χ4v) is 1.06. The molecule has 1 fully saturated rings. The SMILES string of the molecule is CC[C@H](N)CC1(F)COC1. The van der Waals surface area contributed by atoms with Crippen molar-refractivity contribution in [2.75, 3.05) is 13.2 Å². The van der Waals surface area contributed by atoms with Gasteiger partial charge in [-0.2, -0.15) is 0 Å². The predicted molar refractivity (Wildman–Crippen MR) is 37.5 cm³/mol. The number of ether oxygens (including phenoxy) is 1. The molecule has 2 N–H and O–H groups in total. The van der Waals surface area contributed by atoms with Gasteiger partial charge in [-0.25, -0.2) is 4.39 Å². The summed E-state index contributed by atoms with van der Waals surface area (Å²) in [6, 6.07) is -0.00565. The van der Waals surface area contributed by atoms with Crippen LogP contribution in [0.15, 0.2) is 0 Å². The van der Waals surface area contributed by atoms with Crippen molar-refractivity contribution in [3.05, 3.63) is 0 Å². The van der Waals surface area contributed by atoms with E-state index in [0.717, 1.165) is 6.42 Å². The number of hydrogen-bond acceptors (Lipinski definition) is 2. The van der Waals surface area contributed by atoms with Crippen molar-refractivity contribution in [1.82, 2.24) is 0 Å². The van der Waals surface area contributed by atoms with E-state index in [0.29, 0.717) is 6.42 Å². The molecular formula is C7H14FNO. The zero-order chi connectivity index (χ0) is 7.61. The lowest BCUT2D eigenvalue weighted by Crippen LogP contribution is -2.49. The fourth-order valence-electron chi connectivity index (χ4n) is 1.06. The Balaban J connectivity index is 2.22. The van der Waals surface area contributed by atoms with E-state index in [1.807, 2.05) is 6.92 Å². The lowest BCUT2D eigenvalue weighted by molar-refractivity contribution is -0.135. The molecule has 0 aliphatic carbocycles. The molecule has 0 radical (unpaired) electrons. The zero-order valence-electron chi connectivity index (χ0n) is 6.27. The molecule has 0 spiro atoms. The van der Waals surface area contributed by atoms with Crippen molar-refractivity contribution in [1.29, 1.82) is 0 Å². The number of halogens is 1. The summed E-state index contributed by atoms with van der Waals surface area (Å²) in [5.41, 5.74) is 4.47. The van der Waals surface area contributed by atoms with Gasteiger partial charge in [0, 0.05) is 12.5 Å². The Bertz CT molecular complexity index is 114. The second kappa shape index (κ2) is 2.84. The fraction of sp³-hybridized carbons (Fsp3) is 1.00. The average Bonchev–Trinajstić information content (AvgIpc) is 1.84. The second-order valence-electron chi connectivity index (χ2n) is 3.02. The van der Waals surface area contributed by atoms with Crippen LogP contribution in [-0.2, 0) is 4.74 Å². The van der Waals surface area contributed by atoms with Gasteiger partial charge in [0.2, 0.25) is 0 Å². The average molecular weight is 147 g/mol. The molecule has 1 saturated heterocycles. The molecule has 0 unspecified atom stereocenters. The van der Waals surface area contributed by atoms with Crippen LogP contribution in [0.3, 0.4) is 0 Å². The van der Waals surface area contributed by atoms with E-state index in [1.54, 1.807) is 0 Å². The van der Waals surface area contributed by atoms with E-state index >= 15 is 0 Å². The summed E-state index contributed by atoms with van der Waals surface area (Å²) in [6.45, 7) is 2.44. The van der Waals surface area contributed by atoms with Crippen molar-refractivity contribution in [3.63, 3.8) is 0 Å². The third-order valence-corrected chi connectivity index (χ3v) is 1.87. The van der Waals surface area contributed by atoms with Gasteiger partial charge in [-0.15, -0.1) is 0 Å². The maximum Gasteiger partial charge on any atom is 0.158 e. The molecule has 1 aliphatic heterocycles. The number of nitrogens with two attached hydrogens (primary N) is 1. The molecule has 1 atom stereocenters. The van der Waals surface area contributed by atoms with Gasteiger partial charge in [0.25, 0.3) is 0 Å². The first-order valence-corrected chi connectivity index (χ1v) is 3.68. The van der Waals surface area contributed by atoms with E-state index in [9.17, 15) is 4.39 Å². The van der Waals surface area contributed by atoms with Crippen molar-refractivity contribution in [2.45, 2.75) is 31.5 Å². The van der Waals surface area contributed by atoms with E-state index in [2.05, 4.69) is 0 Å². The van der Waals surface area contributed by atoms with Crippen LogP contribution >= 0.6 is 0 Å².